The second-order valence-electron chi connectivity index (χ2n) is 4.73. The first-order chi connectivity index (χ1) is 9.38. The second-order valence-corrected chi connectivity index (χ2v) is 5.76. The molecule has 0 aliphatic carbocycles. The van der Waals surface area contributed by atoms with Gasteiger partial charge in [0.15, 0.2) is 0 Å². The Bertz CT molecular complexity index is 645. The standard InChI is InChI=1S/C14H15F2N3S/c1-7(2)13-18-12(17)8(3)14(19-13)20-11-6-9(15)4-5-10(11)16/h4-7H,1-3H3,(H2,17,18,19). The van der Waals surface area contributed by atoms with E-state index in [2.05, 4.69) is 9.97 Å². The van der Waals surface area contributed by atoms with Crippen LogP contribution >= 0.6 is 11.8 Å². The summed E-state index contributed by atoms with van der Waals surface area (Å²) in [5.74, 6) is 0.0850. The van der Waals surface area contributed by atoms with Crippen molar-refractivity contribution in [3.05, 3.63) is 41.2 Å². The minimum Gasteiger partial charge on any atom is -0.383 e. The Kier molecular flexibility index (Phi) is 4.23. The quantitative estimate of drug-likeness (QED) is 0.872. The van der Waals surface area contributed by atoms with Crippen LogP contribution in [0.5, 0.6) is 0 Å². The number of halogens is 2. The third kappa shape index (κ3) is 3.07. The van der Waals surface area contributed by atoms with E-state index >= 15 is 0 Å². The van der Waals surface area contributed by atoms with Gasteiger partial charge in [-0.15, -0.1) is 0 Å². The summed E-state index contributed by atoms with van der Waals surface area (Å²) < 4.78 is 26.9. The third-order valence-electron chi connectivity index (χ3n) is 2.77. The van der Waals surface area contributed by atoms with Gasteiger partial charge in [-0.1, -0.05) is 25.6 Å². The molecule has 106 valence electrons. The molecular weight excluding hydrogens is 280 g/mol. The summed E-state index contributed by atoms with van der Waals surface area (Å²) in [6.07, 6.45) is 0. The molecule has 20 heavy (non-hydrogen) atoms. The molecule has 2 aromatic rings. The molecule has 2 N–H and O–H groups in total. The number of aromatic nitrogens is 2. The monoisotopic (exact) mass is 295 g/mol. The average molecular weight is 295 g/mol. The van der Waals surface area contributed by atoms with Gasteiger partial charge in [-0.05, 0) is 25.1 Å². The number of nitrogen functional groups attached to an aromatic ring is 1. The Morgan fingerprint density at radius 2 is 1.90 bits per heavy atom. The Morgan fingerprint density at radius 1 is 1.20 bits per heavy atom. The number of hydrogen-bond acceptors (Lipinski definition) is 4. The van der Waals surface area contributed by atoms with Gasteiger partial charge in [-0.2, -0.15) is 0 Å². The van der Waals surface area contributed by atoms with Crippen LogP contribution < -0.4 is 5.73 Å². The molecule has 2 rings (SSSR count). The number of rotatable bonds is 3. The van der Waals surface area contributed by atoms with Gasteiger partial charge < -0.3 is 5.73 Å². The van der Waals surface area contributed by atoms with Gasteiger partial charge in [0.05, 0.1) is 4.90 Å². The van der Waals surface area contributed by atoms with Crippen molar-refractivity contribution in [1.29, 1.82) is 0 Å². The van der Waals surface area contributed by atoms with Crippen molar-refractivity contribution in [1.82, 2.24) is 9.97 Å². The zero-order valence-electron chi connectivity index (χ0n) is 11.4. The molecule has 1 aromatic heterocycles. The smallest absolute Gasteiger partial charge is 0.137 e. The van der Waals surface area contributed by atoms with E-state index in [0.29, 0.717) is 22.2 Å². The van der Waals surface area contributed by atoms with Gasteiger partial charge in [-0.25, -0.2) is 18.7 Å². The minimum absolute atomic E-state index is 0.106. The first-order valence-corrected chi connectivity index (χ1v) is 6.97. The molecule has 0 saturated heterocycles. The molecule has 0 aliphatic heterocycles. The lowest BCUT2D eigenvalue weighted by atomic mass is 10.2. The van der Waals surface area contributed by atoms with Gasteiger partial charge >= 0.3 is 0 Å². The molecule has 1 aromatic carbocycles. The Labute approximate surface area is 120 Å². The molecule has 0 bridgehead atoms. The summed E-state index contributed by atoms with van der Waals surface area (Å²) in [5, 5.41) is 0.547. The molecule has 0 aliphatic rings. The third-order valence-corrected chi connectivity index (χ3v) is 3.90. The summed E-state index contributed by atoms with van der Waals surface area (Å²) in [4.78, 5) is 8.76. The van der Waals surface area contributed by atoms with E-state index in [-0.39, 0.29) is 10.8 Å². The summed E-state index contributed by atoms with van der Waals surface area (Å²) in [6.45, 7) is 5.65. The van der Waals surface area contributed by atoms with Crippen LogP contribution in [0.15, 0.2) is 28.1 Å². The van der Waals surface area contributed by atoms with Crippen LogP contribution in [-0.2, 0) is 0 Å². The van der Waals surface area contributed by atoms with Gasteiger partial charge in [0.1, 0.15) is 28.3 Å². The maximum Gasteiger partial charge on any atom is 0.137 e. The van der Waals surface area contributed by atoms with Crippen LogP contribution in [0, 0.1) is 18.6 Å². The first-order valence-electron chi connectivity index (χ1n) is 6.15. The van der Waals surface area contributed by atoms with Crippen molar-refractivity contribution < 1.29 is 8.78 Å². The molecule has 1 heterocycles. The maximum absolute atomic E-state index is 13.7. The Morgan fingerprint density at radius 3 is 2.55 bits per heavy atom. The predicted molar refractivity (Wildman–Crippen MR) is 75.8 cm³/mol. The van der Waals surface area contributed by atoms with Crippen molar-refractivity contribution in [3.63, 3.8) is 0 Å². The highest BCUT2D eigenvalue weighted by atomic mass is 32.2. The van der Waals surface area contributed by atoms with Crippen LogP contribution in [-0.4, -0.2) is 9.97 Å². The largest absolute Gasteiger partial charge is 0.383 e. The first kappa shape index (κ1) is 14.7. The maximum atomic E-state index is 13.7. The molecule has 0 radical (unpaired) electrons. The molecule has 0 atom stereocenters. The van der Waals surface area contributed by atoms with E-state index in [4.69, 9.17) is 5.73 Å². The van der Waals surface area contributed by atoms with Crippen LogP contribution in [0.4, 0.5) is 14.6 Å². The highest BCUT2D eigenvalue weighted by Gasteiger charge is 2.14. The summed E-state index contributed by atoms with van der Waals surface area (Å²) in [7, 11) is 0. The van der Waals surface area contributed by atoms with Crippen molar-refractivity contribution in [3.8, 4) is 0 Å². The predicted octanol–water partition coefficient (Wildman–Crippen LogP) is 3.92. The van der Waals surface area contributed by atoms with E-state index < -0.39 is 11.6 Å². The molecule has 0 amide bonds. The lowest BCUT2D eigenvalue weighted by molar-refractivity contribution is 0.577. The van der Waals surface area contributed by atoms with E-state index in [1.807, 2.05) is 13.8 Å². The van der Waals surface area contributed by atoms with E-state index in [9.17, 15) is 8.78 Å². The fourth-order valence-electron chi connectivity index (χ4n) is 1.55. The van der Waals surface area contributed by atoms with Crippen molar-refractivity contribution in [2.75, 3.05) is 5.73 Å². The fraction of sp³-hybridized carbons (Fsp3) is 0.286. The molecule has 6 heteroatoms. The molecule has 0 saturated carbocycles. The van der Waals surface area contributed by atoms with Gasteiger partial charge in [0.25, 0.3) is 0 Å². The van der Waals surface area contributed by atoms with Gasteiger partial charge in [0, 0.05) is 11.5 Å². The van der Waals surface area contributed by atoms with Crippen LogP contribution in [0.2, 0.25) is 0 Å². The highest BCUT2D eigenvalue weighted by molar-refractivity contribution is 7.99. The summed E-state index contributed by atoms with van der Waals surface area (Å²) in [6, 6.07) is 3.33. The lowest BCUT2D eigenvalue weighted by Gasteiger charge is -2.11. The number of anilines is 1. The molecule has 0 spiro atoms. The molecule has 0 unspecified atom stereocenters. The number of nitrogens with zero attached hydrogens (tertiary/aromatic N) is 2. The van der Waals surface area contributed by atoms with Crippen LogP contribution in [0.3, 0.4) is 0 Å². The van der Waals surface area contributed by atoms with E-state index in [1.165, 1.54) is 0 Å². The summed E-state index contributed by atoms with van der Waals surface area (Å²) in [5.41, 5.74) is 6.52. The van der Waals surface area contributed by atoms with E-state index in [1.54, 1.807) is 6.92 Å². The number of benzene rings is 1. The Hall–Kier alpha value is -1.69. The fourth-order valence-corrected chi connectivity index (χ4v) is 2.49. The second kappa shape index (κ2) is 5.75. The normalized spacial score (nSPS) is 11.1. The highest BCUT2D eigenvalue weighted by Crippen LogP contribution is 2.33. The zero-order chi connectivity index (χ0) is 14.9. The molecule has 0 fully saturated rings. The van der Waals surface area contributed by atoms with Crippen molar-refractivity contribution in [2.24, 2.45) is 0 Å². The number of nitrogens with two attached hydrogens (primary N) is 1. The lowest BCUT2D eigenvalue weighted by Crippen LogP contribution is -2.05. The Balaban J connectivity index is 2.45. The van der Waals surface area contributed by atoms with Gasteiger partial charge in [0.2, 0.25) is 0 Å². The minimum atomic E-state index is -0.488. The zero-order valence-corrected chi connectivity index (χ0v) is 12.3. The van der Waals surface area contributed by atoms with Crippen LogP contribution in [0.25, 0.3) is 0 Å². The van der Waals surface area contributed by atoms with Crippen molar-refractivity contribution >= 4 is 17.6 Å². The van der Waals surface area contributed by atoms with Crippen molar-refractivity contribution in [2.45, 2.75) is 36.6 Å². The molecule has 3 nitrogen and oxygen atoms in total. The number of hydrogen-bond donors (Lipinski definition) is 1. The summed E-state index contributed by atoms with van der Waals surface area (Å²) >= 11 is 1.05. The molecular formula is C14H15F2N3S. The van der Waals surface area contributed by atoms with E-state index in [0.717, 1.165) is 30.0 Å². The SMILES string of the molecule is Cc1c(N)nc(C(C)C)nc1Sc1cc(F)ccc1F. The topological polar surface area (TPSA) is 51.8 Å². The average Bonchev–Trinajstić information content (AvgIpc) is 2.38. The van der Waals surface area contributed by atoms with Crippen LogP contribution in [0.1, 0.15) is 31.2 Å². The van der Waals surface area contributed by atoms with Gasteiger partial charge in [-0.3, -0.25) is 0 Å².